The molecule has 0 amide bonds. The van der Waals surface area contributed by atoms with Crippen LogP contribution in [0.25, 0.3) is 11.3 Å². The number of nitrogens with zero attached hydrogens (tertiary/aromatic N) is 2. The van der Waals surface area contributed by atoms with Crippen molar-refractivity contribution >= 4 is 6.29 Å². The molecule has 0 N–H and O–H groups in total. The fourth-order valence-electron chi connectivity index (χ4n) is 2.33. The Balaban J connectivity index is 2.06. The molecular formula is C14H12N2O. The summed E-state index contributed by atoms with van der Waals surface area (Å²) in [5.41, 5.74) is 5.16. The van der Waals surface area contributed by atoms with E-state index in [0.717, 1.165) is 24.0 Å². The lowest BCUT2D eigenvalue weighted by atomic mass is 10.0. The number of fused-ring (bicyclic) bond motifs is 1. The summed E-state index contributed by atoms with van der Waals surface area (Å²) in [5, 5.41) is 0. The summed E-state index contributed by atoms with van der Waals surface area (Å²) in [7, 11) is 0. The van der Waals surface area contributed by atoms with E-state index in [1.54, 1.807) is 6.07 Å². The van der Waals surface area contributed by atoms with Gasteiger partial charge in [-0.3, -0.25) is 4.79 Å². The number of carbonyl (C=O) groups excluding carboxylic acids is 1. The minimum atomic E-state index is 0.426. The van der Waals surface area contributed by atoms with Gasteiger partial charge in [-0.2, -0.15) is 0 Å². The predicted octanol–water partition coefficient (Wildman–Crippen LogP) is 2.44. The molecule has 1 aliphatic carbocycles. The van der Waals surface area contributed by atoms with Crippen LogP contribution in [0, 0.1) is 0 Å². The molecule has 0 bridgehead atoms. The summed E-state index contributed by atoms with van der Waals surface area (Å²) in [5.74, 6) is 0. The molecule has 3 heteroatoms. The highest BCUT2D eigenvalue weighted by molar-refractivity contribution is 5.74. The van der Waals surface area contributed by atoms with Gasteiger partial charge in [0.1, 0.15) is 12.0 Å². The first-order valence-electron chi connectivity index (χ1n) is 5.76. The number of aryl methyl sites for hydroxylation is 2. The van der Waals surface area contributed by atoms with Gasteiger partial charge in [0.2, 0.25) is 0 Å². The molecule has 0 saturated heterocycles. The largest absolute Gasteiger partial charge is 0.296 e. The average molecular weight is 224 g/mol. The standard InChI is InChI=1S/C14H12N2O/c17-8-13-7-14(16-9-15-13)12-5-4-10-2-1-3-11(10)6-12/h4-9H,1-3H2. The molecule has 3 rings (SSSR count). The van der Waals surface area contributed by atoms with Crippen LogP contribution in [0.5, 0.6) is 0 Å². The second kappa shape index (κ2) is 4.09. The predicted molar refractivity (Wildman–Crippen MR) is 64.9 cm³/mol. The van der Waals surface area contributed by atoms with Gasteiger partial charge < -0.3 is 0 Å². The molecule has 84 valence electrons. The van der Waals surface area contributed by atoms with E-state index in [-0.39, 0.29) is 0 Å². The Morgan fingerprint density at radius 1 is 1.06 bits per heavy atom. The smallest absolute Gasteiger partial charge is 0.168 e. The highest BCUT2D eigenvalue weighted by Gasteiger charge is 2.12. The second-order valence-electron chi connectivity index (χ2n) is 4.28. The number of carbonyl (C=O) groups is 1. The van der Waals surface area contributed by atoms with Crippen molar-refractivity contribution < 1.29 is 4.79 Å². The van der Waals surface area contributed by atoms with Gasteiger partial charge in [0.25, 0.3) is 0 Å². The van der Waals surface area contributed by atoms with Crippen molar-refractivity contribution in [2.75, 3.05) is 0 Å². The second-order valence-corrected chi connectivity index (χ2v) is 4.28. The molecule has 17 heavy (non-hydrogen) atoms. The average Bonchev–Trinajstić information content (AvgIpc) is 2.86. The fourth-order valence-corrected chi connectivity index (χ4v) is 2.33. The molecule has 0 fully saturated rings. The number of hydrogen-bond donors (Lipinski definition) is 0. The summed E-state index contributed by atoms with van der Waals surface area (Å²) in [6, 6.07) is 8.14. The van der Waals surface area contributed by atoms with Crippen molar-refractivity contribution in [3.63, 3.8) is 0 Å². The topological polar surface area (TPSA) is 42.9 Å². The lowest BCUT2D eigenvalue weighted by Gasteiger charge is -2.04. The zero-order chi connectivity index (χ0) is 11.7. The van der Waals surface area contributed by atoms with Crippen LogP contribution in [0.2, 0.25) is 0 Å². The highest BCUT2D eigenvalue weighted by atomic mass is 16.1. The molecular weight excluding hydrogens is 212 g/mol. The van der Waals surface area contributed by atoms with Crippen LogP contribution in [0.15, 0.2) is 30.6 Å². The Labute approximate surface area is 99.5 Å². The minimum absolute atomic E-state index is 0.426. The zero-order valence-corrected chi connectivity index (χ0v) is 9.39. The zero-order valence-electron chi connectivity index (χ0n) is 9.39. The molecule has 1 aromatic heterocycles. The Kier molecular flexibility index (Phi) is 2.44. The maximum Gasteiger partial charge on any atom is 0.168 e. The summed E-state index contributed by atoms with van der Waals surface area (Å²) in [6.07, 6.45) is 5.75. The molecule has 0 spiro atoms. The maximum atomic E-state index is 10.7. The summed E-state index contributed by atoms with van der Waals surface area (Å²) >= 11 is 0. The Hall–Kier alpha value is -2.03. The summed E-state index contributed by atoms with van der Waals surface area (Å²) < 4.78 is 0. The third-order valence-corrected chi connectivity index (χ3v) is 3.20. The third kappa shape index (κ3) is 1.84. The molecule has 1 heterocycles. The monoisotopic (exact) mass is 224 g/mol. The van der Waals surface area contributed by atoms with Gasteiger partial charge in [-0.05, 0) is 42.5 Å². The molecule has 1 aromatic carbocycles. The minimum Gasteiger partial charge on any atom is -0.296 e. The molecule has 1 aliphatic rings. The van der Waals surface area contributed by atoms with Crippen LogP contribution in [-0.2, 0) is 12.8 Å². The number of benzene rings is 1. The first kappa shape index (κ1) is 10.1. The van der Waals surface area contributed by atoms with Crippen LogP contribution in [0.3, 0.4) is 0 Å². The summed E-state index contributed by atoms with van der Waals surface area (Å²) in [4.78, 5) is 18.8. The molecule has 0 unspecified atom stereocenters. The van der Waals surface area contributed by atoms with E-state index in [0.29, 0.717) is 5.69 Å². The Bertz CT molecular complexity index is 578. The van der Waals surface area contributed by atoms with Crippen LogP contribution < -0.4 is 0 Å². The lowest BCUT2D eigenvalue weighted by molar-refractivity contribution is 0.111. The van der Waals surface area contributed by atoms with Gasteiger partial charge in [0.05, 0.1) is 5.69 Å². The van der Waals surface area contributed by atoms with Gasteiger partial charge in [-0.25, -0.2) is 9.97 Å². The number of aldehydes is 1. The van der Waals surface area contributed by atoms with Gasteiger partial charge in [-0.15, -0.1) is 0 Å². The molecule has 0 atom stereocenters. The van der Waals surface area contributed by atoms with Crippen molar-refractivity contribution in [3.05, 3.63) is 47.4 Å². The van der Waals surface area contributed by atoms with Crippen molar-refractivity contribution in [2.45, 2.75) is 19.3 Å². The van der Waals surface area contributed by atoms with Crippen molar-refractivity contribution in [1.29, 1.82) is 0 Å². The Morgan fingerprint density at radius 3 is 2.82 bits per heavy atom. The SMILES string of the molecule is O=Cc1cc(-c2ccc3c(c2)CCC3)ncn1. The van der Waals surface area contributed by atoms with Gasteiger partial charge >= 0.3 is 0 Å². The molecule has 0 saturated carbocycles. The molecule has 0 aliphatic heterocycles. The summed E-state index contributed by atoms with van der Waals surface area (Å²) in [6.45, 7) is 0. The third-order valence-electron chi connectivity index (χ3n) is 3.20. The normalized spacial score (nSPS) is 13.4. The quantitative estimate of drug-likeness (QED) is 0.736. The van der Waals surface area contributed by atoms with Crippen molar-refractivity contribution in [2.24, 2.45) is 0 Å². The Morgan fingerprint density at radius 2 is 1.94 bits per heavy atom. The van der Waals surface area contributed by atoms with E-state index in [4.69, 9.17) is 0 Å². The van der Waals surface area contributed by atoms with Crippen molar-refractivity contribution in [1.82, 2.24) is 9.97 Å². The van der Waals surface area contributed by atoms with Crippen LogP contribution in [-0.4, -0.2) is 16.3 Å². The van der Waals surface area contributed by atoms with E-state index in [1.165, 1.54) is 30.3 Å². The highest BCUT2D eigenvalue weighted by Crippen LogP contribution is 2.27. The van der Waals surface area contributed by atoms with E-state index in [2.05, 4.69) is 28.2 Å². The van der Waals surface area contributed by atoms with Crippen LogP contribution in [0.1, 0.15) is 28.0 Å². The van der Waals surface area contributed by atoms with Crippen LogP contribution in [0.4, 0.5) is 0 Å². The molecule has 2 aromatic rings. The van der Waals surface area contributed by atoms with E-state index < -0.39 is 0 Å². The van der Waals surface area contributed by atoms with E-state index in [9.17, 15) is 4.79 Å². The number of hydrogen-bond acceptors (Lipinski definition) is 3. The van der Waals surface area contributed by atoms with E-state index >= 15 is 0 Å². The van der Waals surface area contributed by atoms with Crippen molar-refractivity contribution in [3.8, 4) is 11.3 Å². The molecule has 0 radical (unpaired) electrons. The number of aromatic nitrogens is 2. The van der Waals surface area contributed by atoms with Gasteiger partial charge in [0.15, 0.2) is 6.29 Å². The first-order chi connectivity index (χ1) is 8.36. The maximum absolute atomic E-state index is 10.7. The fraction of sp³-hybridized carbons (Fsp3) is 0.214. The lowest BCUT2D eigenvalue weighted by Crippen LogP contribution is -1.92. The van der Waals surface area contributed by atoms with E-state index in [1.807, 2.05) is 0 Å². The van der Waals surface area contributed by atoms with Gasteiger partial charge in [-0.1, -0.05) is 12.1 Å². The number of rotatable bonds is 2. The van der Waals surface area contributed by atoms with Gasteiger partial charge in [0, 0.05) is 5.56 Å². The molecule has 3 nitrogen and oxygen atoms in total. The first-order valence-corrected chi connectivity index (χ1v) is 5.76. The van der Waals surface area contributed by atoms with Crippen LogP contribution >= 0.6 is 0 Å².